The van der Waals surface area contributed by atoms with Crippen molar-refractivity contribution in [3.8, 4) is 0 Å². The molecule has 1 heterocycles. The van der Waals surface area contributed by atoms with Crippen molar-refractivity contribution in [2.75, 3.05) is 19.6 Å². The topological polar surface area (TPSA) is 32.3 Å². The maximum Gasteiger partial charge on any atom is 0.219 e. The van der Waals surface area contributed by atoms with Crippen molar-refractivity contribution in [1.29, 1.82) is 0 Å². The molecule has 3 nitrogen and oxygen atoms in total. The van der Waals surface area contributed by atoms with E-state index in [1.54, 1.807) is 0 Å². The van der Waals surface area contributed by atoms with Gasteiger partial charge in [-0.15, -0.1) is 0 Å². The summed E-state index contributed by atoms with van der Waals surface area (Å²) in [5.41, 5.74) is 0. The summed E-state index contributed by atoms with van der Waals surface area (Å²) in [5, 5.41) is 3.11. The number of hydrogen-bond donors (Lipinski definition) is 1. The molecule has 1 saturated heterocycles. The van der Waals surface area contributed by atoms with Gasteiger partial charge in [0.2, 0.25) is 5.91 Å². The standard InChI is InChI=1S/C12H24N2O/c1-4-12(15)13-11(10(2)3)9-14-7-5-6-8-14/h10-11H,4-9H2,1-3H3,(H,13,15)/t11-/m0/s1. The van der Waals surface area contributed by atoms with E-state index in [4.69, 9.17) is 0 Å². The van der Waals surface area contributed by atoms with E-state index in [1.165, 1.54) is 25.9 Å². The number of hydrogen-bond acceptors (Lipinski definition) is 2. The highest BCUT2D eigenvalue weighted by atomic mass is 16.1. The molecule has 1 aliphatic rings. The fraction of sp³-hybridized carbons (Fsp3) is 0.917. The van der Waals surface area contributed by atoms with E-state index >= 15 is 0 Å². The number of likely N-dealkylation sites (tertiary alicyclic amines) is 1. The zero-order valence-corrected chi connectivity index (χ0v) is 10.3. The summed E-state index contributed by atoms with van der Waals surface area (Å²) in [6, 6.07) is 0.315. The number of nitrogens with zero attached hydrogens (tertiary/aromatic N) is 1. The van der Waals surface area contributed by atoms with Gasteiger partial charge in [-0.05, 0) is 31.8 Å². The van der Waals surface area contributed by atoms with Crippen LogP contribution in [0.4, 0.5) is 0 Å². The maximum atomic E-state index is 11.4. The van der Waals surface area contributed by atoms with Gasteiger partial charge in [0.15, 0.2) is 0 Å². The Morgan fingerprint density at radius 3 is 2.40 bits per heavy atom. The second-order valence-electron chi connectivity index (χ2n) is 4.78. The fourth-order valence-corrected chi connectivity index (χ4v) is 1.98. The van der Waals surface area contributed by atoms with Crippen LogP contribution < -0.4 is 5.32 Å². The summed E-state index contributed by atoms with van der Waals surface area (Å²) in [7, 11) is 0. The first-order chi connectivity index (χ1) is 7.13. The number of rotatable bonds is 5. The van der Waals surface area contributed by atoms with Crippen molar-refractivity contribution in [2.24, 2.45) is 5.92 Å². The van der Waals surface area contributed by atoms with Crippen LogP contribution in [0.5, 0.6) is 0 Å². The van der Waals surface area contributed by atoms with E-state index in [1.807, 2.05) is 6.92 Å². The van der Waals surface area contributed by atoms with Crippen LogP contribution in [0.1, 0.15) is 40.0 Å². The molecule has 15 heavy (non-hydrogen) atoms. The first-order valence-corrected chi connectivity index (χ1v) is 6.15. The Hall–Kier alpha value is -0.570. The highest BCUT2D eigenvalue weighted by molar-refractivity contribution is 5.75. The Bertz CT molecular complexity index is 198. The molecule has 1 aliphatic heterocycles. The predicted molar refractivity (Wildman–Crippen MR) is 62.7 cm³/mol. The average Bonchev–Trinajstić information content (AvgIpc) is 2.69. The van der Waals surface area contributed by atoms with Gasteiger partial charge in [-0.2, -0.15) is 0 Å². The van der Waals surface area contributed by atoms with Crippen LogP contribution in [0.25, 0.3) is 0 Å². The second kappa shape index (κ2) is 6.11. The van der Waals surface area contributed by atoms with Gasteiger partial charge in [-0.3, -0.25) is 4.79 Å². The van der Waals surface area contributed by atoms with E-state index in [0.717, 1.165) is 6.54 Å². The van der Waals surface area contributed by atoms with Gasteiger partial charge in [0.05, 0.1) is 0 Å². The summed E-state index contributed by atoms with van der Waals surface area (Å²) in [4.78, 5) is 13.8. The SMILES string of the molecule is CCC(=O)N[C@@H](CN1CCCC1)C(C)C. The Labute approximate surface area is 93.2 Å². The first kappa shape index (κ1) is 12.5. The van der Waals surface area contributed by atoms with E-state index in [9.17, 15) is 4.79 Å². The summed E-state index contributed by atoms with van der Waals surface area (Å²) in [5.74, 6) is 0.689. The van der Waals surface area contributed by atoms with Gasteiger partial charge < -0.3 is 10.2 Å². The van der Waals surface area contributed by atoms with Crippen molar-refractivity contribution in [3.63, 3.8) is 0 Å². The molecule has 3 heteroatoms. The lowest BCUT2D eigenvalue weighted by Crippen LogP contribution is -2.45. The molecule has 1 N–H and O–H groups in total. The van der Waals surface area contributed by atoms with Crippen molar-refractivity contribution in [3.05, 3.63) is 0 Å². The van der Waals surface area contributed by atoms with Crippen LogP contribution in [-0.4, -0.2) is 36.5 Å². The molecule has 0 bridgehead atoms. The monoisotopic (exact) mass is 212 g/mol. The summed E-state index contributed by atoms with van der Waals surface area (Å²) in [6.45, 7) is 9.68. The van der Waals surface area contributed by atoms with Crippen LogP contribution in [0, 0.1) is 5.92 Å². The Balaban J connectivity index is 2.38. The van der Waals surface area contributed by atoms with Gasteiger partial charge in [0.25, 0.3) is 0 Å². The van der Waals surface area contributed by atoms with Gasteiger partial charge >= 0.3 is 0 Å². The van der Waals surface area contributed by atoms with Gasteiger partial charge in [-0.1, -0.05) is 20.8 Å². The lowest BCUT2D eigenvalue weighted by atomic mass is 10.0. The van der Waals surface area contributed by atoms with Crippen LogP contribution in [0.15, 0.2) is 0 Å². The average molecular weight is 212 g/mol. The molecule has 1 atom stereocenters. The third-order valence-corrected chi connectivity index (χ3v) is 3.13. The molecular weight excluding hydrogens is 188 g/mol. The molecule has 1 rings (SSSR count). The van der Waals surface area contributed by atoms with Crippen LogP contribution in [-0.2, 0) is 4.79 Å². The molecule has 1 fully saturated rings. The molecule has 0 aromatic heterocycles. The van der Waals surface area contributed by atoms with Gasteiger partial charge in [0, 0.05) is 19.0 Å². The highest BCUT2D eigenvalue weighted by Gasteiger charge is 2.20. The Morgan fingerprint density at radius 2 is 1.93 bits per heavy atom. The minimum atomic E-state index is 0.174. The number of carbonyl (C=O) groups excluding carboxylic acids is 1. The fourth-order valence-electron chi connectivity index (χ4n) is 1.98. The smallest absolute Gasteiger partial charge is 0.219 e. The van der Waals surface area contributed by atoms with Crippen molar-refractivity contribution >= 4 is 5.91 Å². The van der Waals surface area contributed by atoms with Gasteiger partial charge in [0.1, 0.15) is 0 Å². The van der Waals surface area contributed by atoms with E-state index in [2.05, 4.69) is 24.1 Å². The quantitative estimate of drug-likeness (QED) is 0.751. The molecule has 0 unspecified atom stereocenters. The zero-order valence-electron chi connectivity index (χ0n) is 10.3. The third kappa shape index (κ3) is 4.20. The predicted octanol–water partition coefficient (Wildman–Crippen LogP) is 1.63. The zero-order chi connectivity index (χ0) is 11.3. The third-order valence-electron chi connectivity index (χ3n) is 3.13. The molecule has 0 aromatic carbocycles. The Morgan fingerprint density at radius 1 is 1.33 bits per heavy atom. The molecule has 88 valence electrons. The largest absolute Gasteiger partial charge is 0.352 e. The van der Waals surface area contributed by atoms with Gasteiger partial charge in [-0.25, -0.2) is 0 Å². The maximum absolute atomic E-state index is 11.4. The van der Waals surface area contributed by atoms with Crippen LogP contribution in [0.2, 0.25) is 0 Å². The van der Waals surface area contributed by atoms with Crippen LogP contribution in [0.3, 0.4) is 0 Å². The normalized spacial score (nSPS) is 19.5. The molecule has 0 radical (unpaired) electrons. The number of amides is 1. The van der Waals surface area contributed by atoms with Crippen molar-refractivity contribution < 1.29 is 4.79 Å². The lowest BCUT2D eigenvalue weighted by Gasteiger charge is -2.27. The lowest BCUT2D eigenvalue weighted by molar-refractivity contribution is -0.121. The van der Waals surface area contributed by atoms with E-state index in [0.29, 0.717) is 18.4 Å². The molecule has 0 aliphatic carbocycles. The Kier molecular flexibility index (Phi) is 5.09. The molecule has 0 spiro atoms. The van der Waals surface area contributed by atoms with Crippen LogP contribution >= 0.6 is 0 Å². The summed E-state index contributed by atoms with van der Waals surface area (Å²) < 4.78 is 0. The van der Waals surface area contributed by atoms with Crippen molar-refractivity contribution in [1.82, 2.24) is 10.2 Å². The van der Waals surface area contributed by atoms with Crippen molar-refractivity contribution in [2.45, 2.75) is 46.1 Å². The highest BCUT2D eigenvalue weighted by Crippen LogP contribution is 2.11. The molecular formula is C12H24N2O. The summed E-state index contributed by atoms with van der Waals surface area (Å²) >= 11 is 0. The second-order valence-corrected chi connectivity index (χ2v) is 4.78. The molecule has 0 aromatic rings. The van der Waals surface area contributed by atoms with E-state index < -0.39 is 0 Å². The first-order valence-electron chi connectivity index (χ1n) is 6.15. The number of carbonyl (C=O) groups is 1. The molecule has 1 amide bonds. The molecule has 0 saturated carbocycles. The van der Waals surface area contributed by atoms with E-state index in [-0.39, 0.29) is 5.91 Å². The minimum Gasteiger partial charge on any atom is -0.352 e. The number of nitrogens with one attached hydrogen (secondary N) is 1. The summed E-state index contributed by atoms with van der Waals surface area (Å²) in [6.07, 6.45) is 3.21. The minimum absolute atomic E-state index is 0.174.